The minimum Gasteiger partial charge on any atom is -0.408 e. The molecule has 3 rings (SSSR count). The van der Waals surface area contributed by atoms with Crippen molar-refractivity contribution >= 4 is 16.8 Å². The van der Waals surface area contributed by atoms with Gasteiger partial charge in [0.25, 0.3) is 0 Å². The Morgan fingerprint density at radius 1 is 1.18 bits per heavy atom. The van der Waals surface area contributed by atoms with Crippen LogP contribution in [-0.2, 0) is 6.54 Å². The van der Waals surface area contributed by atoms with Crippen LogP contribution < -0.4 is 16.0 Å². The van der Waals surface area contributed by atoms with E-state index in [1.54, 1.807) is 0 Å². The number of nitrogens with one attached hydrogen (secondary N) is 1. The van der Waals surface area contributed by atoms with Gasteiger partial charge >= 0.3 is 5.76 Å². The van der Waals surface area contributed by atoms with Gasteiger partial charge in [-0.15, -0.1) is 0 Å². The van der Waals surface area contributed by atoms with Gasteiger partial charge in [-0.25, -0.2) is 4.79 Å². The molecule has 5 heteroatoms. The highest BCUT2D eigenvalue weighted by molar-refractivity contribution is 5.87. The lowest BCUT2D eigenvalue weighted by atomic mass is 10.2. The molecule has 1 saturated heterocycles. The molecule has 1 aliphatic heterocycles. The van der Waals surface area contributed by atoms with Crippen LogP contribution in [0.3, 0.4) is 0 Å². The molecule has 0 radical (unpaired) electrons. The number of fused-ring (bicyclic) bond motifs is 1. The lowest BCUT2D eigenvalue weighted by Gasteiger charge is -2.30. The number of rotatable bonds is 6. The van der Waals surface area contributed by atoms with Crippen LogP contribution in [0.1, 0.15) is 32.6 Å². The minimum atomic E-state index is -0.228. The monoisotopic (exact) mass is 303 g/mol. The van der Waals surface area contributed by atoms with Crippen LogP contribution >= 0.6 is 0 Å². The van der Waals surface area contributed by atoms with Crippen LogP contribution in [-0.4, -0.2) is 30.7 Å². The van der Waals surface area contributed by atoms with Crippen molar-refractivity contribution in [2.24, 2.45) is 0 Å². The van der Waals surface area contributed by atoms with Crippen molar-refractivity contribution in [3.63, 3.8) is 0 Å². The minimum absolute atomic E-state index is 0.228. The Hall–Kier alpha value is -1.75. The van der Waals surface area contributed by atoms with Crippen LogP contribution in [0.25, 0.3) is 11.1 Å². The zero-order valence-corrected chi connectivity index (χ0v) is 13.3. The van der Waals surface area contributed by atoms with E-state index in [2.05, 4.69) is 23.2 Å². The number of aryl methyl sites for hydroxylation is 1. The van der Waals surface area contributed by atoms with E-state index in [0.29, 0.717) is 5.58 Å². The van der Waals surface area contributed by atoms with E-state index < -0.39 is 0 Å². The van der Waals surface area contributed by atoms with Gasteiger partial charge in [-0.2, -0.15) is 0 Å². The predicted molar refractivity (Wildman–Crippen MR) is 89.7 cm³/mol. The highest BCUT2D eigenvalue weighted by Gasteiger charge is 2.18. The van der Waals surface area contributed by atoms with Gasteiger partial charge in [0.2, 0.25) is 0 Å². The Morgan fingerprint density at radius 3 is 2.77 bits per heavy atom. The fourth-order valence-electron chi connectivity index (χ4n) is 3.17. The van der Waals surface area contributed by atoms with Crippen molar-refractivity contribution in [2.75, 3.05) is 31.1 Å². The number of nitrogens with zero attached hydrogens (tertiary/aromatic N) is 2. The van der Waals surface area contributed by atoms with Crippen LogP contribution in [0.2, 0.25) is 0 Å². The first-order valence-electron chi connectivity index (χ1n) is 8.39. The molecule has 1 aliphatic rings. The molecule has 1 aromatic heterocycles. The van der Waals surface area contributed by atoms with E-state index in [1.807, 2.05) is 16.7 Å². The summed E-state index contributed by atoms with van der Waals surface area (Å²) in [5.41, 5.74) is 2.79. The Balaban J connectivity index is 1.92. The molecule has 22 heavy (non-hydrogen) atoms. The maximum absolute atomic E-state index is 12.2. The molecule has 5 nitrogen and oxygen atoms in total. The summed E-state index contributed by atoms with van der Waals surface area (Å²) in [7, 11) is 0. The molecule has 0 bridgehead atoms. The Morgan fingerprint density at radius 2 is 2.00 bits per heavy atom. The second kappa shape index (κ2) is 7.01. The third-order valence-electron chi connectivity index (χ3n) is 4.36. The highest BCUT2D eigenvalue weighted by atomic mass is 16.4. The van der Waals surface area contributed by atoms with E-state index in [0.717, 1.165) is 56.8 Å². The van der Waals surface area contributed by atoms with E-state index in [4.69, 9.17) is 4.42 Å². The lowest BCUT2D eigenvalue weighted by molar-refractivity contribution is 0.488. The molecule has 0 saturated carbocycles. The number of benzene rings is 1. The SMILES string of the molecule is CCCCCCn1c(=O)oc2cccc(N3CCNCC3)c21. The number of hydrogen-bond donors (Lipinski definition) is 1. The molecule has 0 unspecified atom stereocenters. The van der Waals surface area contributed by atoms with E-state index in [9.17, 15) is 4.79 Å². The molecular weight excluding hydrogens is 278 g/mol. The molecule has 1 fully saturated rings. The quantitative estimate of drug-likeness (QED) is 0.833. The largest absolute Gasteiger partial charge is 0.420 e. The molecule has 0 aliphatic carbocycles. The van der Waals surface area contributed by atoms with Crippen molar-refractivity contribution in [3.8, 4) is 0 Å². The molecule has 120 valence electrons. The Kier molecular flexibility index (Phi) is 4.83. The third-order valence-corrected chi connectivity index (χ3v) is 4.36. The van der Waals surface area contributed by atoms with Crippen molar-refractivity contribution in [1.82, 2.24) is 9.88 Å². The van der Waals surface area contributed by atoms with Crippen molar-refractivity contribution < 1.29 is 4.42 Å². The summed E-state index contributed by atoms with van der Waals surface area (Å²) in [6, 6.07) is 5.97. The Labute approximate surface area is 130 Å². The van der Waals surface area contributed by atoms with Crippen LogP contribution in [0.15, 0.2) is 27.4 Å². The zero-order chi connectivity index (χ0) is 15.4. The molecule has 0 spiro atoms. The number of oxazole rings is 1. The number of hydrogen-bond acceptors (Lipinski definition) is 4. The normalized spacial score (nSPS) is 15.6. The number of anilines is 1. The van der Waals surface area contributed by atoms with Gasteiger partial charge in [0.15, 0.2) is 5.58 Å². The summed E-state index contributed by atoms with van der Waals surface area (Å²) in [5.74, 6) is -0.228. The first-order chi connectivity index (χ1) is 10.8. The second-order valence-electron chi connectivity index (χ2n) is 5.94. The molecule has 2 aromatic rings. The predicted octanol–water partition coefficient (Wildman–Crippen LogP) is 2.58. The summed E-state index contributed by atoms with van der Waals surface area (Å²) < 4.78 is 7.27. The molecule has 0 amide bonds. The summed E-state index contributed by atoms with van der Waals surface area (Å²) >= 11 is 0. The van der Waals surface area contributed by atoms with Gasteiger partial charge < -0.3 is 14.6 Å². The second-order valence-corrected chi connectivity index (χ2v) is 5.94. The van der Waals surface area contributed by atoms with Crippen molar-refractivity contribution in [1.29, 1.82) is 0 Å². The molecular formula is C17H25N3O2. The van der Waals surface area contributed by atoms with Gasteiger partial charge in [0.1, 0.15) is 5.52 Å². The topological polar surface area (TPSA) is 50.4 Å². The van der Waals surface area contributed by atoms with Crippen LogP contribution in [0.4, 0.5) is 5.69 Å². The van der Waals surface area contributed by atoms with Crippen molar-refractivity contribution in [2.45, 2.75) is 39.2 Å². The van der Waals surface area contributed by atoms with Gasteiger partial charge in [0, 0.05) is 32.7 Å². The summed E-state index contributed by atoms with van der Waals surface area (Å²) in [6.45, 7) is 6.84. The lowest BCUT2D eigenvalue weighted by Crippen LogP contribution is -2.43. The maximum Gasteiger partial charge on any atom is 0.420 e. The summed E-state index contributed by atoms with van der Waals surface area (Å²) in [4.78, 5) is 14.5. The van der Waals surface area contributed by atoms with Gasteiger partial charge in [-0.1, -0.05) is 32.3 Å². The zero-order valence-electron chi connectivity index (χ0n) is 13.3. The number of para-hydroxylation sites is 1. The van der Waals surface area contributed by atoms with Gasteiger partial charge in [0.05, 0.1) is 5.69 Å². The first-order valence-corrected chi connectivity index (χ1v) is 8.39. The van der Waals surface area contributed by atoms with E-state index >= 15 is 0 Å². The highest BCUT2D eigenvalue weighted by Crippen LogP contribution is 2.27. The molecule has 1 N–H and O–H groups in total. The summed E-state index contributed by atoms with van der Waals surface area (Å²) in [5, 5.41) is 3.37. The number of piperazine rings is 1. The molecule has 1 aromatic carbocycles. The Bertz CT molecular complexity index is 668. The fourth-order valence-corrected chi connectivity index (χ4v) is 3.17. The average Bonchev–Trinajstić information content (AvgIpc) is 2.88. The van der Waals surface area contributed by atoms with Crippen molar-refractivity contribution in [3.05, 3.63) is 28.7 Å². The average molecular weight is 303 g/mol. The fraction of sp³-hybridized carbons (Fsp3) is 0.588. The van der Waals surface area contributed by atoms with Crippen LogP contribution in [0.5, 0.6) is 0 Å². The van der Waals surface area contributed by atoms with E-state index in [1.165, 1.54) is 12.8 Å². The van der Waals surface area contributed by atoms with Gasteiger partial charge in [-0.05, 0) is 18.6 Å². The molecule has 0 atom stereocenters. The van der Waals surface area contributed by atoms with Crippen LogP contribution in [0, 0.1) is 0 Å². The van der Waals surface area contributed by atoms with E-state index in [-0.39, 0.29) is 5.76 Å². The number of aromatic nitrogens is 1. The summed E-state index contributed by atoms with van der Waals surface area (Å²) in [6.07, 6.45) is 4.60. The van der Waals surface area contributed by atoms with Gasteiger partial charge in [-0.3, -0.25) is 4.57 Å². The number of unbranched alkanes of at least 4 members (excludes halogenated alkanes) is 3. The molecule has 2 heterocycles. The standard InChI is InChI=1S/C17H25N3O2/c1-2-3-4-5-11-20-16-14(19-12-9-18-10-13-19)7-6-8-15(16)22-17(20)21/h6-8,18H,2-5,9-13H2,1H3. The maximum atomic E-state index is 12.2. The third kappa shape index (κ3) is 3.04. The smallest absolute Gasteiger partial charge is 0.408 e. The first kappa shape index (κ1) is 15.2.